The fraction of sp³-hybridized carbons (Fsp3) is 0.769. The highest BCUT2D eigenvalue weighted by molar-refractivity contribution is 5.68. The molecule has 0 rings (SSSR count). The lowest BCUT2D eigenvalue weighted by atomic mass is 9.99. The van der Waals surface area contributed by atoms with Crippen molar-refractivity contribution >= 4 is 6.09 Å². The molecule has 0 saturated heterocycles. The van der Waals surface area contributed by atoms with Gasteiger partial charge in [-0.25, -0.2) is 4.79 Å². The summed E-state index contributed by atoms with van der Waals surface area (Å²) in [6.07, 6.45) is 3.98. The number of carbonyl (C=O) groups excluding carboxylic acids is 1. The van der Waals surface area contributed by atoms with Gasteiger partial charge < -0.3 is 14.8 Å². The quantitative estimate of drug-likeness (QED) is 0.755. The fourth-order valence-electron chi connectivity index (χ4n) is 1.24. The molecule has 1 amide bonds. The van der Waals surface area contributed by atoms with E-state index >= 15 is 0 Å². The fourth-order valence-corrected chi connectivity index (χ4v) is 1.24. The van der Waals surface area contributed by atoms with Crippen LogP contribution in [0.25, 0.3) is 0 Å². The number of hydrogen-bond acceptors (Lipinski definition) is 3. The summed E-state index contributed by atoms with van der Waals surface area (Å²) in [7, 11) is 1.58. The Morgan fingerprint density at radius 3 is 2.41 bits per heavy atom. The Labute approximate surface area is 104 Å². The molecule has 1 N–H and O–H groups in total. The highest BCUT2D eigenvalue weighted by Crippen LogP contribution is 2.11. The Kier molecular flexibility index (Phi) is 6.69. The van der Waals surface area contributed by atoms with E-state index in [1.165, 1.54) is 0 Å². The van der Waals surface area contributed by atoms with Gasteiger partial charge in [0.2, 0.25) is 0 Å². The van der Waals surface area contributed by atoms with Crippen molar-refractivity contribution < 1.29 is 14.3 Å². The molecule has 100 valence electrons. The Balaban J connectivity index is 4.43. The van der Waals surface area contributed by atoms with Crippen molar-refractivity contribution in [3.63, 3.8) is 0 Å². The molecule has 2 unspecified atom stereocenters. The van der Waals surface area contributed by atoms with Crippen LogP contribution < -0.4 is 5.32 Å². The maximum Gasteiger partial charge on any atom is 0.408 e. The second-order valence-corrected chi connectivity index (χ2v) is 5.12. The summed E-state index contributed by atoms with van der Waals surface area (Å²) in [6.45, 7) is 9.68. The highest BCUT2D eigenvalue weighted by Gasteiger charge is 2.20. The summed E-state index contributed by atoms with van der Waals surface area (Å²) in [5.41, 5.74) is -0.477. The third kappa shape index (κ3) is 7.66. The molecule has 0 aromatic heterocycles. The van der Waals surface area contributed by atoms with Crippen molar-refractivity contribution in [1.29, 1.82) is 0 Å². The van der Waals surface area contributed by atoms with Crippen LogP contribution in [0.15, 0.2) is 12.3 Å². The molecule has 4 nitrogen and oxygen atoms in total. The monoisotopic (exact) mass is 243 g/mol. The number of amides is 1. The lowest BCUT2D eigenvalue weighted by molar-refractivity contribution is 0.0501. The Bertz CT molecular complexity index is 256. The first-order valence-corrected chi connectivity index (χ1v) is 5.99. The molecule has 0 aliphatic carbocycles. The summed E-state index contributed by atoms with van der Waals surface area (Å²) >= 11 is 0. The average molecular weight is 243 g/mol. The van der Waals surface area contributed by atoms with Crippen LogP contribution in [-0.4, -0.2) is 24.8 Å². The second kappa shape index (κ2) is 7.20. The standard InChI is InChI=1S/C13H25NO3/c1-7-10(2)11(8-9-16-6)14-12(15)17-13(3,4)5/h8-11H,7H2,1-6H3,(H,14,15)/b9-8+. The molecule has 0 bridgehead atoms. The number of rotatable bonds is 5. The predicted octanol–water partition coefficient (Wildman–Crippen LogP) is 3.09. The average Bonchev–Trinajstić information content (AvgIpc) is 2.20. The summed E-state index contributed by atoms with van der Waals surface area (Å²) in [5, 5.41) is 2.83. The molecule has 17 heavy (non-hydrogen) atoms. The third-order valence-electron chi connectivity index (χ3n) is 2.36. The van der Waals surface area contributed by atoms with E-state index in [4.69, 9.17) is 9.47 Å². The van der Waals surface area contributed by atoms with Crippen LogP contribution in [0.4, 0.5) is 4.79 Å². The van der Waals surface area contributed by atoms with Gasteiger partial charge in [0.1, 0.15) is 5.60 Å². The van der Waals surface area contributed by atoms with Crippen LogP contribution in [-0.2, 0) is 9.47 Å². The number of ether oxygens (including phenoxy) is 2. The number of alkyl carbamates (subject to hydrolysis) is 1. The van der Waals surface area contributed by atoms with Crippen LogP contribution in [0, 0.1) is 5.92 Å². The second-order valence-electron chi connectivity index (χ2n) is 5.12. The largest absolute Gasteiger partial charge is 0.505 e. The van der Waals surface area contributed by atoms with E-state index in [1.807, 2.05) is 26.8 Å². The maximum absolute atomic E-state index is 11.6. The van der Waals surface area contributed by atoms with E-state index in [-0.39, 0.29) is 6.04 Å². The van der Waals surface area contributed by atoms with Crippen LogP contribution in [0.1, 0.15) is 41.0 Å². The molecule has 0 heterocycles. The molecule has 2 atom stereocenters. The minimum Gasteiger partial charge on any atom is -0.505 e. The summed E-state index contributed by atoms with van der Waals surface area (Å²) in [4.78, 5) is 11.6. The van der Waals surface area contributed by atoms with E-state index < -0.39 is 11.7 Å². The van der Waals surface area contributed by atoms with Crippen molar-refractivity contribution in [3.8, 4) is 0 Å². The summed E-state index contributed by atoms with van der Waals surface area (Å²) in [6, 6.07) is -0.0743. The van der Waals surface area contributed by atoms with E-state index in [0.29, 0.717) is 5.92 Å². The third-order valence-corrected chi connectivity index (χ3v) is 2.36. The van der Waals surface area contributed by atoms with Crippen molar-refractivity contribution in [3.05, 3.63) is 12.3 Å². The molecule has 0 aromatic rings. The molecule has 0 aliphatic heterocycles. The smallest absolute Gasteiger partial charge is 0.408 e. The van der Waals surface area contributed by atoms with Crippen LogP contribution in [0.3, 0.4) is 0 Å². The van der Waals surface area contributed by atoms with Gasteiger partial charge in [-0.3, -0.25) is 0 Å². The van der Waals surface area contributed by atoms with Gasteiger partial charge in [0.15, 0.2) is 0 Å². The Morgan fingerprint density at radius 2 is 2.00 bits per heavy atom. The summed E-state index contributed by atoms with van der Waals surface area (Å²) < 4.78 is 10.1. The van der Waals surface area contributed by atoms with Crippen LogP contribution in [0.2, 0.25) is 0 Å². The molecule has 0 aliphatic rings. The topological polar surface area (TPSA) is 47.6 Å². The number of carbonyl (C=O) groups is 1. The lowest BCUT2D eigenvalue weighted by Crippen LogP contribution is -2.41. The van der Waals surface area contributed by atoms with Gasteiger partial charge in [-0.2, -0.15) is 0 Å². The van der Waals surface area contributed by atoms with Crippen LogP contribution in [0.5, 0.6) is 0 Å². The Morgan fingerprint density at radius 1 is 1.41 bits per heavy atom. The molecular weight excluding hydrogens is 218 g/mol. The number of nitrogens with one attached hydrogen (secondary N) is 1. The van der Waals surface area contributed by atoms with E-state index in [1.54, 1.807) is 13.4 Å². The van der Waals surface area contributed by atoms with Gasteiger partial charge in [-0.1, -0.05) is 20.3 Å². The predicted molar refractivity (Wildman–Crippen MR) is 68.8 cm³/mol. The van der Waals surface area contributed by atoms with Crippen molar-refractivity contribution in [2.24, 2.45) is 5.92 Å². The highest BCUT2D eigenvalue weighted by atomic mass is 16.6. The normalized spacial score (nSPS) is 15.4. The van der Waals surface area contributed by atoms with Gasteiger partial charge in [-0.05, 0) is 32.8 Å². The minimum absolute atomic E-state index is 0.0743. The van der Waals surface area contributed by atoms with Crippen LogP contribution >= 0.6 is 0 Å². The lowest BCUT2D eigenvalue weighted by Gasteiger charge is -2.24. The molecule has 0 saturated carbocycles. The zero-order chi connectivity index (χ0) is 13.5. The first kappa shape index (κ1) is 15.8. The molecule has 0 spiro atoms. The zero-order valence-electron chi connectivity index (χ0n) is 11.7. The molecule has 4 heteroatoms. The first-order valence-electron chi connectivity index (χ1n) is 5.99. The Hall–Kier alpha value is -1.19. The van der Waals surface area contributed by atoms with Crippen molar-refractivity contribution in [1.82, 2.24) is 5.32 Å². The van der Waals surface area contributed by atoms with Crippen molar-refractivity contribution in [2.45, 2.75) is 52.7 Å². The van der Waals surface area contributed by atoms with Crippen molar-refractivity contribution in [2.75, 3.05) is 7.11 Å². The van der Waals surface area contributed by atoms with Gasteiger partial charge in [0, 0.05) is 0 Å². The molecule has 0 aromatic carbocycles. The SMILES string of the molecule is CCC(C)C(/C=C/OC)NC(=O)OC(C)(C)C. The molecule has 0 radical (unpaired) electrons. The number of hydrogen-bond donors (Lipinski definition) is 1. The minimum atomic E-state index is -0.477. The first-order chi connectivity index (χ1) is 7.80. The molecular formula is C13H25NO3. The zero-order valence-corrected chi connectivity index (χ0v) is 11.7. The van der Waals surface area contributed by atoms with E-state index in [2.05, 4.69) is 19.2 Å². The van der Waals surface area contributed by atoms with Gasteiger partial charge in [0.05, 0.1) is 19.4 Å². The van der Waals surface area contributed by atoms with E-state index in [9.17, 15) is 4.79 Å². The van der Waals surface area contributed by atoms with Gasteiger partial charge in [-0.15, -0.1) is 0 Å². The maximum atomic E-state index is 11.6. The molecule has 0 fully saturated rings. The van der Waals surface area contributed by atoms with Gasteiger partial charge >= 0.3 is 6.09 Å². The van der Waals surface area contributed by atoms with E-state index in [0.717, 1.165) is 6.42 Å². The summed E-state index contributed by atoms with van der Waals surface area (Å²) in [5.74, 6) is 0.328. The van der Waals surface area contributed by atoms with Gasteiger partial charge in [0.25, 0.3) is 0 Å². The number of methoxy groups -OCH3 is 1.